The fourth-order valence-corrected chi connectivity index (χ4v) is 1.66. The lowest BCUT2D eigenvalue weighted by Crippen LogP contribution is -2.39. The van der Waals surface area contributed by atoms with Crippen LogP contribution in [0.2, 0.25) is 0 Å². The van der Waals surface area contributed by atoms with E-state index in [-0.39, 0.29) is 24.4 Å². The van der Waals surface area contributed by atoms with E-state index in [1.54, 1.807) is 6.92 Å². The van der Waals surface area contributed by atoms with Crippen molar-refractivity contribution in [2.45, 2.75) is 32.9 Å². The van der Waals surface area contributed by atoms with Gasteiger partial charge in [-0.2, -0.15) is 0 Å². The van der Waals surface area contributed by atoms with E-state index in [1.165, 1.54) is 6.92 Å². The molecule has 0 aromatic carbocycles. The summed E-state index contributed by atoms with van der Waals surface area (Å²) in [7, 11) is 0. The quantitative estimate of drug-likeness (QED) is 0.295. The number of hydrogen-bond acceptors (Lipinski definition) is 6. The highest BCUT2D eigenvalue weighted by molar-refractivity contribution is 6.02. The Morgan fingerprint density at radius 1 is 1.55 bits per heavy atom. The first kappa shape index (κ1) is 15.7. The van der Waals surface area contributed by atoms with E-state index in [0.29, 0.717) is 0 Å². The zero-order valence-electron chi connectivity index (χ0n) is 11.2. The number of likely N-dealkylation sites (N-methyl/N-ethyl adjacent to an activating group) is 1. The van der Waals surface area contributed by atoms with E-state index >= 15 is 0 Å². The molecule has 0 aromatic heterocycles. The average molecular weight is 288 g/mol. The second-order valence-electron chi connectivity index (χ2n) is 4.07. The van der Waals surface area contributed by atoms with E-state index in [2.05, 4.69) is 5.28 Å². The van der Waals surface area contributed by atoms with Gasteiger partial charge in [0, 0.05) is 12.8 Å². The molecule has 0 aromatic rings. The molecule has 1 fully saturated rings. The molecule has 20 heavy (non-hydrogen) atoms. The van der Waals surface area contributed by atoms with E-state index in [9.17, 15) is 19.6 Å². The number of nitrogens with zero attached hydrogens (tertiary/aromatic N) is 4. The lowest BCUT2D eigenvalue weighted by Gasteiger charge is -2.19. The third-order valence-electron chi connectivity index (χ3n) is 2.65. The molecule has 1 atom stereocenters. The van der Waals surface area contributed by atoms with E-state index in [4.69, 9.17) is 9.94 Å². The average Bonchev–Trinajstić information content (AvgIpc) is 2.72. The van der Waals surface area contributed by atoms with Crippen LogP contribution in [0.3, 0.4) is 0 Å². The van der Waals surface area contributed by atoms with Gasteiger partial charge in [0.1, 0.15) is 0 Å². The van der Waals surface area contributed by atoms with Crippen molar-refractivity contribution in [3.05, 3.63) is 5.21 Å². The lowest BCUT2D eigenvalue weighted by atomic mass is 10.4. The Bertz CT molecular complexity index is 421. The van der Waals surface area contributed by atoms with Gasteiger partial charge in [0.05, 0.1) is 11.5 Å². The van der Waals surface area contributed by atoms with Crippen molar-refractivity contribution in [3.63, 3.8) is 0 Å². The van der Waals surface area contributed by atoms with Gasteiger partial charge in [0.15, 0.2) is 6.54 Å². The Kier molecular flexibility index (Phi) is 5.23. The largest absolute Gasteiger partial charge is 0.569 e. The van der Waals surface area contributed by atoms with Gasteiger partial charge in [0.2, 0.25) is 23.3 Å². The third-order valence-corrected chi connectivity index (χ3v) is 2.65. The summed E-state index contributed by atoms with van der Waals surface area (Å²) >= 11 is 0. The first-order valence-electron chi connectivity index (χ1n) is 6.02. The van der Waals surface area contributed by atoms with Crippen LogP contribution in [0, 0.1) is 5.21 Å². The SMILES string of the molecule is CCN(CC(=O)O)[N+]([O-])=NOC(C)N1C(=O)CCC1=O. The first-order valence-corrected chi connectivity index (χ1v) is 6.02. The van der Waals surface area contributed by atoms with Gasteiger partial charge < -0.3 is 15.2 Å². The summed E-state index contributed by atoms with van der Waals surface area (Å²) in [6.07, 6.45) is -0.806. The van der Waals surface area contributed by atoms with E-state index < -0.39 is 30.6 Å². The number of carbonyl (C=O) groups excluding carboxylic acids is 2. The molecule has 0 saturated carbocycles. The maximum atomic E-state index is 11.5. The normalized spacial score (nSPS) is 17.3. The molecule has 0 aliphatic carbocycles. The topological polar surface area (TPSA) is 126 Å². The molecular weight excluding hydrogens is 272 g/mol. The second-order valence-corrected chi connectivity index (χ2v) is 4.07. The fraction of sp³-hybridized carbons (Fsp3) is 0.700. The fourth-order valence-electron chi connectivity index (χ4n) is 1.66. The van der Waals surface area contributed by atoms with E-state index in [0.717, 1.165) is 9.91 Å². The molecule has 112 valence electrons. The van der Waals surface area contributed by atoms with Crippen LogP contribution in [0.25, 0.3) is 0 Å². The number of likely N-dealkylation sites (tertiary alicyclic amines) is 1. The highest BCUT2D eigenvalue weighted by atomic mass is 16.7. The molecule has 1 unspecified atom stereocenters. The zero-order valence-corrected chi connectivity index (χ0v) is 11.2. The molecule has 10 nitrogen and oxygen atoms in total. The molecule has 1 heterocycles. The van der Waals surface area contributed by atoms with Gasteiger partial charge >= 0.3 is 5.97 Å². The summed E-state index contributed by atoms with van der Waals surface area (Å²) in [6, 6.07) is 0. The summed E-state index contributed by atoms with van der Waals surface area (Å²) in [5.41, 5.74) is 0. The number of hydrogen-bond donors (Lipinski definition) is 1. The first-order chi connectivity index (χ1) is 9.36. The summed E-state index contributed by atoms with van der Waals surface area (Å²) in [5.74, 6) is -1.98. The zero-order chi connectivity index (χ0) is 15.3. The van der Waals surface area contributed by atoms with Crippen molar-refractivity contribution in [3.8, 4) is 0 Å². The lowest BCUT2D eigenvalue weighted by molar-refractivity contribution is -0.709. The van der Waals surface area contributed by atoms with Crippen LogP contribution in [-0.2, 0) is 19.2 Å². The number of carboxylic acid groups (broad SMARTS) is 1. The standard InChI is InChI=1S/C10H16N4O6/c1-3-12(6-10(17)18)14(19)11-20-7(2)13-8(15)4-5-9(13)16/h7H,3-6H2,1-2H3,(H,17,18). The highest BCUT2D eigenvalue weighted by Crippen LogP contribution is 2.16. The van der Waals surface area contributed by atoms with Crippen molar-refractivity contribution in [1.82, 2.24) is 9.91 Å². The minimum Gasteiger partial charge on any atom is -0.569 e. The summed E-state index contributed by atoms with van der Waals surface area (Å²) in [5, 5.41) is 24.1. The van der Waals surface area contributed by atoms with Crippen molar-refractivity contribution in [1.29, 1.82) is 0 Å². The molecule has 0 radical (unpaired) electrons. The monoisotopic (exact) mass is 288 g/mol. The smallest absolute Gasteiger partial charge is 0.329 e. The number of amides is 2. The van der Waals surface area contributed by atoms with Crippen molar-refractivity contribution >= 4 is 17.8 Å². The van der Waals surface area contributed by atoms with E-state index in [1.807, 2.05) is 0 Å². The number of hydrazine groups is 1. The van der Waals surface area contributed by atoms with Gasteiger partial charge in [-0.1, -0.05) is 0 Å². The van der Waals surface area contributed by atoms with Gasteiger partial charge in [0.25, 0.3) is 0 Å². The maximum Gasteiger partial charge on any atom is 0.329 e. The maximum absolute atomic E-state index is 11.5. The number of carboxylic acids is 1. The molecule has 1 saturated heterocycles. The van der Waals surface area contributed by atoms with Crippen LogP contribution in [0.5, 0.6) is 0 Å². The van der Waals surface area contributed by atoms with Crippen molar-refractivity contribution in [2.75, 3.05) is 13.1 Å². The highest BCUT2D eigenvalue weighted by Gasteiger charge is 2.34. The van der Waals surface area contributed by atoms with Gasteiger partial charge in [-0.15, -0.1) is 5.01 Å². The molecule has 10 heteroatoms. The molecule has 2 amide bonds. The summed E-state index contributed by atoms with van der Waals surface area (Å²) in [4.78, 5) is 39.0. The van der Waals surface area contributed by atoms with Crippen LogP contribution in [0.4, 0.5) is 0 Å². The summed E-state index contributed by atoms with van der Waals surface area (Å²) < 4.78 is 0. The van der Waals surface area contributed by atoms with Crippen LogP contribution in [0.15, 0.2) is 5.28 Å². The van der Waals surface area contributed by atoms with Crippen LogP contribution in [-0.4, -0.2) is 57.1 Å². The van der Waals surface area contributed by atoms with Gasteiger partial charge in [-0.05, 0) is 13.8 Å². The minimum absolute atomic E-state index is 0.0182. The van der Waals surface area contributed by atoms with Crippen LogP contribution >= 0.6 is 0 Å². The molecule has 1 N–H and O–H groups in total. The van der Waals surface area contributed by atoms with Gasteiger partial charge in [-0.3, -0.25) is 14.4 Å². The van der Waals surface area contributed by atoms with Crippen molar-refractivity contribution < 1.29 is 29.3 Å². The van der Waals surface area contributed by atoms with Gasteiger partial charge in [-0.25, -0.2) is 4.90 Å². The Balaban J connectivity index is 2.63. The Morgan fingerprint density at radius 2 is 2.10 bits per heavy atom. The number of aliphatic carboxylic acids is 1. The molecule has 0 bridgehead atoms. The Hall–Kier alpha value is -2.39. The second kappa shape index (κ2) is 6.68. The minimum atomic E-state index is -1.19. The number of rotatable bonds is 7. The Morgan fingerprint density at radius 3 is 2.55 bits per heavy atom. The molecule has 0 spiro atoms. The van der Waals surface area contributed by atoms with Crippen LogP contribution in [0.1, 0.15) is 26.7 Å². The third kappa shape index (κ3) is 3.80. The van der Waals surface area contributed by atoms with Crippen molar-refractivity contribution in [2.24, 2.45) is 5.28 Å². The molecule has 1 aliphatic heterocycles. The number of imide groups is 1. The number of carbonyl (C=O) groups is 3. The Labute approximate surface area is 114 Å². The predicted molar refractivity (Wildman–Crippen MR) is 62.6 cm³/mol. The molecule has 1 aliphatic rings. The molecular formula is C10H16N4O6. The molecule has 1 rings (SSSR count). The predicted octanol–water partition coefficient (Wildman–Crippen LogP) is -0.303. The summed E-state index contributed by atoms with van der Waals surface area (Å²) in [6.45, 7) is 2.54. The van der Waals surface area contributed by atoms with Crippen LogP contribution < -0.4 is 0 Å².